The minimum atomic E-state index is -1.02. The quantitative estimate of drug-likeness (QED) is 0.728. The van der Waals surface area contributed by atoms with Crippen LogP contribution < -0.4 is 5.32 Å². The SMILES string of the molecule is CSCC[C@H](NC(=O)C(C)OCc1ccccc1)C(=O)O. The molecule has 0 spiro atoms. The number of rotatable bonds is 9. The predicted octanol–water partition coefficient (Wildman–Crippen LogP) is 1.91. The molecule has 6 heteroatoms. The van der Waals surface area contributed by atoms with Crippen LogP contribution in [0.2, 0.25) is 0 Å². The molecule has 1 aromatic carbocycles. The highest BCUT2D eigenvalue weighted by Crippen LogP contribution is 2.05. The molecule has 0 saturated carbocycles. The lowest BCUT2D eigenvalue weighted by Gasteiger charge is -2.18. The molecule has 0 heterocycles. The van der Waals surface area contributed by atoms with Gasteiger partial charge in [-0.25, -0.2) is 4.79 Å². The molecule has 0 saturated heterocycles. The smallest absolute Gasteiger partial charge is 0.326 e. The number of benzene rings is 1. The topological polar surface area (TPSA) is 75.6 Å². The fourth-order valence-electron chi connectivity index (χ4n) is 1.65. The molecule has 1 aromatic rings. The summed E-state index contributed by atoms with van der Waals surface area (Å²) in [4.78, 5) is 23.0. The number of carboxylic acids is 1. The summed E-state index contributed by atoms with van der Waals surface area (Å²) in [5.74, 6) is -0.747. The van der Waals surface area contributed by atoms with Crippen LogP contribution in [0.4, 0.5) is 0 Å². The summed E-state index contributed by atoms with van der Waals surface area (Å²) < 4.78 is 5.46. The normalized spacial score (nSPS) is 13.4. The zero-order valence-corrected chi connectivity index (χ0v) is 13.1. The summed E-state index contributed by atoms with van der Waals surface area (Å²) in [6.07, 6.45) is 1.60. The van der Waals surface area contributed by atoms with Crippen LogP contribution in [0.25, 0.3) is 0 Å². The van der Waals surface area contributed by atoms with Gasteiger partial charge in [0, 0.05) is 0 Å². The van der Waals surface area contributed by atoms with E-state index in [4.69, 9.17) is 9.84 Å². The molecule has 1 amide bonds. The highest BCUT2D eigenvalue weighted by atomic mass is 32.2. The summed E-state index contributed by atoms with van der Waals surface area (Å²) in [6.45, 7) is 1.93. The summed E-state index contributed by atoms with van der Waals surface area (Å²) in [6, 6.07) is 8.64. The molecule has 1 unspecified atom stereocenters. The minimum absolute atomic E-state index is 0.317. The lowest BCUT2D eigenvalue weighted by atomic mass is 10.2. The molecule has 0 bridgehead atoms. The van der Waals surface area contributed by atoms with Crippen molar-refractivity contribution in [2.24, 2.45) is 0 Å². The Balaban J connectivity index is 2.43. The van der Waals surface area contributed by atoms with Crippen LogP contribution in [0.1, 0.15) is 18.9 Å². The highest BCUT2D eigenvalue weighted by molar-refractivity contribution is 7.98. The van der Waals surface area contributed by atoms with Crippen molar-refractivity contribution in [2.75, 3.05) is 12.0 Å². The zero-order valence-electron chi connectivity index (χ0n) is 12.2. The number of amides is 1. The molecule has 0 aliphatic rings. The van der Waals surface area contributed by atoms with Crippen molar-refractivity contribution < 1.29 is 19.4 Å². The molecule has 0 radical (unpaired) electrons. The van der Waals surface area contributed by atoms with E-state index >= 15 is 0 Å². The number of aliphatic carboxylic acids is 1. The standard InChI is InChI=1S/C15H21NO4S/c1-11(20-10-12-6-4-3-5-7-12)14(17)16-13(15(18)19)8-9-21-2/h3-7,11,13H,8-10H2,1-2H3,(H,16,17)(H,18,19)/t11?,13-/m0/s1. The lowest BCUT2D eigenvalue weighted by molar-refractivity contribution is -0.144. The molecule has 0 aliphatic heterocycles. The molecule has 0 fully saturated rings. The summed E-state index contributed by atoms with van der Waals surface area (Å²) >= 11 is 1.54. The number of hydrogen-bond acceptors (Lipinski definition) is 4. The fraction of sp³-hybridized carbons (Fsp3) is 0.467. The van der Waals surface area contributed by atoms with E-state index < -0.39 is 24.0 Å². The number of carboxylic acid groups (broad SMARTS) is 1. The predicted molar refractivity (Wildman–Crippen MR) is 83.3 cm³/mol. The Bertz CT molecular complexity index is 452. The van der Waals surface area contributed by atoms with Crippen LogP contribution in [0.5, 0.6) is 0 Å². The fourth-order valence-corrected chi connectivity index (χ4v) is 2.12. The Hall–Kier alpha value is -1.53. The molecule has 2 atom stereocenters. The molecule has 5 nitrogen and oxygen atoms in total. The molecule has 0 aliphatic carbocycles. The van der Waals surface area contributed by atoms with Gasteiger partial charge in [0.25, 0.3) is 0 Å². The monoisotopic (exact) mass is 311 g/mol. The van der Waals surface area contributed by atoms with Crippen LogP contribution >= 0.6 is 11.8 Å². The van der Waals surface area contributed by atoms with Gasteiger partial charge >= 0.3 is 5.97 Å². The largest absolute Gasteiger partial charge is 0.480 e. The van der Waals surface area contributed by atoms with E-state index in [1.165, 1.54) is 0 Å². The van der Waals surface area contributed by atoms with Gasteiger partial charge in [0.1, 0.15) is 12.1 Å². The van der Waals surface area contributed by atoms with Gasteiger partial charge in [-0.05, 0) is 30.9 Å². The number of thioether (sulfide) groups is 1. The Kier molecular flexibility index (Phi) is 7.85. The van der Waals surface area contributed by atoms with Gasteiger partial charge in [0.05, 0.1) is 6.61 Å². The average molecular weight is 311 g/mol. The molecule has 116 valence electrons. The third-order valence-electron chi connectivity index (χ3n) is 2.94. The second-order valence-corrected chi connectivity index (χ2v) is 5.61. The van der Waals surface area contributed by atoms with E-state index in [0.29, 0.717) is 18.8 Å². The Morgan fingerprint density at radius 2 is 2.00 bits per heavy atom. The van der Waals surface area contributed by atoms with Crippen molar-refractivity contribution in [2.45, 2.75) is 32.1 Å². The lowest BCUT2D eigenvalue weighted by Crippen LogP contribution is -2.45. The van der Waals surface area contributed by atoms with Gasteiger partial charge in [-0.2, -0.15) is 11.8 Å². The maximum Gasteiger partial charge on any atom is 0.326 e. The molecule has 1 rings (SSSR count). The maximum atomic E-state index is 11.9. The number of hydrogen-bond donors (Lipinski definition) is 2. The Morgan fingerprint density at radius 1 is 1.33 bits per heavy atom. The molecule has 2 N–H and O–H groups in total. The first kappa shape index (κ1) is 17.5. The first-order chi connectivity index (χ1) is 10.0. The van der Waals surface area contributed by atoms with Crippen molar-refractivity contribution in [1.82, 2.24) is 5.32 Å². The number of carbonyl (C=O) groups is 2. The van der Waals surface area contributed by atoms with Crippen LogP contribution in [0.15, 0.2) is 30.3 Å². The summed E-state index contributed by atoms with van der Waals surface area (Å²) in [5, 5.41) is 11.6. The maximum absolute atomic E-state index is 11.9. The average Bonchev–Trinajstić information content (AvgIpc) is 2.49. The van der Waals surface area contributed by atoms with Gasteiger partial charge in [0.2, 0.25) is 5.91 Å². The third-order valence-corrected chi connectivity index (χ3v) is 3.58. The van der Waals surface area contributed by atoms with Gasteiger partial charge in [-0.3, -0.25) is 4.79 Å². The summed E-state index contributed by atoms with van der Waals surface area (Å²) in [5.41, 5.74) is 0.967. The van der Waals surface area contributed by atoms with E-state index in [1.54, 1.807) is 18.7 Å². The van der Waals surface area contributed by atoms with Crippen LogP contribution in [-0.2, 0) is 20.9 Å². The van der Waals surface area contributed by atoms with Gasteiger partial charge < -0.3 is 15.2 Å². The van der Waals surface area contributed by atoms with Crippen molar-refractivity contribution in [3.63, 3.8) is 0 Å². The number of nitrogens with one attached hydrogen (secondary N) is 1. The van der Waals surface area contributed by atoms with E-state index in [0.717, 1.165) is 5.56 Å². The van der Waals surface area contributed by atoms with Crippen LogP contribution in [-0.4, -0.2) is 41.1 Å². The van der Waals surface area contributed by atoms with Crippen LogP contribution in [0, 0.1) is 0 Å². The van der Waals surface area contributed by atoms with Crippen molar-refractivity contribution in [3.8, 4) is 0 Å². The number of carbonyl (C=O) groups excluding carboxylic acids is 1. The molecule has 21 heavy (non-hydrogen) atoms. The van der Waals surface area contributed by atoms with Crippen molar-refractivity contribution >= 4 is 23.6 Å². The second-order valence-electron chi connectivity index (χ2n) is 4.62. The van der Waals surface area contributed by atoms with E-state index in [-0.39, 0.29) is 0 Å². The van der Waals surface area contributed by atoms with E-state index in [2.05, 4.69) is 5.32 Å². The van der Waals surface area contributed by atoms with E-state index in [9.17, 15) is 9.59 Å². The zero-order chi connectivity index (χ0) is 15.7. The van der Waals surface area contributed by atoms with E-state index in [1.807, 2.05) is 36.6 Å². The highest BCUT2D eigenvalue weighted by Gasteiger charge is 2.22. The minimum Gasteiger partial charge on any atom is -0.480 e. The Morgan fingerprint density at radius 3 is 2.57 bits per heavy atom. The first-order valence-corrected chi connectivity index (χ1v) is 8.11. The van der Waals surface area contributed by atoms with Crippen LogP contribution in [0.3, 0.4) is 0 Å². The third kappa shape index (κ3) is 6.64. The molecular formula is C15H21NO4S. The second kappa shape index (κ2) is 9.41. The van der Waals surface area contributed by atoms with Crippen molar-refractivity contribution in [3.05, 3.63) is 35.9 Å². The van der Waals surface area contributed by atoms with Crippen molar-refractivity contribution in [1.29, 1.82) is 0 Å². The van der Waals surface area contributed by atoms with Gasteiger partial charge in [0.15, 0.2) is 0 Å². The molecular weight excluding hydrogens is 290 g/mol. The first-order valence-electron chi connectivity index (χ1n) is 6.72. The van der Waals surface area contributed by atoms with Gasteiger partial charge in [-0.1, -0.05) is 30.3 Å². The Labute approximate surface area is 129 Å². The molecule has 0 aromatic heterocycles. The van der Waals surface area contributed by atoms with Gasteiger partial charge in [-0.15, -0.1) is 0 Å². The summed E-state index contributed by atoms with van der Waals surface area (Å²) in [7, 11) is 0. The number of ether oxygens (including phenoxy) is 1.